The molecule has 5 rings (SSSR count). The number of pyridine rings is 1. The standard InChI is InChI=1S/C27H20FNOS/c28-20-14-12-18(13-15-20)25-22-8-4-5-9-23(22)29-27(19-10-11-19)26(25)24(30)16-17-31-21-6-2-1-3-7-21/h1-9,12-17,19H,10-11H2/b17-16+. The van der Waals surface area contributed by atoms with Crippen molar-refractivity contribution in [1.29, 1.82) is 0 Å². The van der Waals surface area contributed by atoms with Gasteiger partial charge < -0.3 is 0 Å². The molecule has 0 unspecified atom stereocenters. The Bertz CT molecular complexity index is 1280. The smallest absolute Gasteiger partial charge is 0.188 e. The van der Waals surface area contributed by atoms with Crippen molar-refractivity contribution in [2.45, 2.75) is 23.7 Å². The van der Waals surface area contributed by atoms with E-state index in [0.29, 0.717) is 11.5 Å². The number of carbonyl (C=O) groups excluding carboxylic acids is 1. The third kappa shape index (κ3) is 4.17. The van der Waals surface area contributed by atoms with Gasteiger partial charge in [-0.25, -0.2) is 4.39 Å². The van der Waals surface area contributed by atoms with Gasteiger partial charge in [0.2, 0.25) is 0 Å². The van der Waals surface area contributed by atoms with Crippen LogP contribution in [0.3, 0.4) is 0 Å². The second-order valence-electron chi connectivity index (χ2n) is 7.64. The van der Waals surface area contributed by atoms with Crippen LogP contribution in [-0.4, -0.2) is 10.8 Å². The topological polar surface area (TPSA) is 30.0 Å². The fourth-order valence-corrected chi connectivity index (χ4v) is 4.47. The van der Waals surface area contributed by atoms with E-state index < -0.39 is 0 Å². The van der Waals surface area contributed by atoms with Gasteiger partial charge in [-0.05, 0) is 60.2 Å². The van der Waals surface area contributed by atoms with Crippen molar-refractivity contribution in [3.63, 3.8) is 0 Å². The van der Waals surface area contributed by atoms with E-state index in [9.17, 15) is 9.18 Å². The highest BCUT2D eigenvalue weighted by molar-refractivity contribution is 8.02. The summed E-state index contributed by atoms with van der Waals surface area (Å²) in [6.07, 6.45) is 3.70. The average Bonchev–Trinajstić information content (AvgIpc) is 3.64. The van der Waals surface area contributed by atoms with Crippen LogP contribution in [0.1, 0.15) is 34.8 Å². The molecule has 2 nitrogen and oxygen atoms in total. The van der Waals surface area contributed by atoms with Crippen molar-refractivity contribution in [1.82, 2.24) is 4.98 Å². The number of carbonyl (C=O) groups is 1. The predicted octanol–water partition coefficient (Wildman–Crippen LogP) is 7.41. The molecule has 0 bridgehead atoms. The van der Waals surface area contributed by atoms with Crippen molar-refractivity contribution < 1.29 is 9.18 Å². The first kappa shape index (κ1) is 19.7. The van der Waals surface area contributed by atoms with Crippen LogP contribution in [0.4, 0.5) is 4.39 Å². The monoisotopic (exact) mass is 425 g/mol. The zero-order valence-electron chi connectivity index (χ0n) is 16.8. The van der Waals surface area contributed by atoms with Gasteiger partial charge in [0.05, 0.1) is 16.8 Å². The van der Waals surface area contributed by atoms with E-state index in [1.165, 1.54) is 23.9 Å². The fourth-order valence-electron chi connectivity index (χ4n) is 3.81. The van der Waals surface area contributed by atoms with Gasteiger partial charge in [-0.2, -0.15) is 0 Å². The average molecular weight is 426 g/mol. The summed E-state index contributed by atoms with van der Waals surface area (Å²) in [5.41, 5.74) is 4.03. The number of fused-ring (bicyclic) bond motifs is 1. The van der Waals surface area contributed by atoms with Crippen LogP contribution in [0, 0.1) is 5.82 Å². The van der Waals surface area contributed by atoms with Crippen LogP contribution >= 0.6 is 11.8 Å². The Labute approximate surface area is 184 Å². The quantitative estimate of drug-likeness (QED) is 0.183. The molecule has 0 radical (unpaired) electrons. The minimum absolute atomic E-state index is 0.0668. The van der Waals surface area contributed by atoms with E-state index in [-0.39, 0.29) is 11.6 Å². The molecule has 1 saturated carbocycles. The maximum absolute atomic E-state index is 13.6. The molecule has 0 amide bonds. The zero-order valence-corrected chi connectivity index (χ0v) is 17.6. The highest BCUT2D eigenvalue weighted by Crippen LogP contribution is 2.45. The van der Waals surface area contributed by atoms with Gasteiger partial charge in [-0.15, -0.1) is 0 Å². The number of allylic oxidation sites excluding steroid dienone is 1. The Hall–Kier alpha value is -3.24. The van der Waals surface area contributed by atoms with Crippen LogP contribution in [-0.2, 0) is 0 Å². The van der Waals surface area contributed by atoms with Gasteiger partial charge >= 0.3 is 0 Å². The molecule has 1 aliphatic rings. The molecule has 1 fully saturated rings. The number of thioether (sulfide) groups is 1. The third-order valence-electron chi connectivity index (χ3n) is 5.43. The Balaban J connectivity index is 1.64. The first-order chi connectivity index (χ1) is 15.2. The molecule has 0 N–H and O–H groups in total. The molecular weight excluding hydrogens is 405 g/mol. The summed E-state index contributed by atoms with van der Waals surface area (Å²) in [5, 5.41) is 2.74. The van der Waals surface area contributed by atoms with E-state index in [1.807, 2.05) is 60.0 Å². The van der Waals surface area contributed by atoms with Crippen LogP contribution in [0.5, 0.6) is 0 Å². The minimum atomic E-state index is -0.295. The predicted molar refractivity (Wildman–Crippen MR) is 125 cm³/mol. The molecule has 4 heteroatoms. The van der Waals surface area contributed by atoms with Crippen LogP contribution in [0.15, 0.2) is 95.2 Å². The number of halogens is 1. The molecule has 152 valence electrons. The Kier molecular flexibility index (Phi) is 5.39. The Morgan fingerprint density at radius 3 is 2.39 bits per heavy atom. The molecule has 1 heterocycles. The molecule has 3 aromatic carbocycles. The summed E-state index contributed by atoms with van der Waals surface area (Å²) >= 11 is 1.51. The molecule has 0 spiro atoms. The van der Waals surface area contributed by atoms with Crippen LogP contribution in [0.2, 0.25) is 0 Å². The van der Waals surface area contributed by atoms with Gasteiger partial charge in [0.25, 0.3) is 0 Å². The van der Waals surface area contributed by atoms with Gasteiger partial charge in [0.1, 0.15) is 5.82 Å². The summed E-state index contributed by atoms with van der Waals surface area (Å²) in [7, 11) is 0. The lowest BCUT2D eigenvalue weighted by atomic mass is 9.90. The normalized spacial score (nSPS) is 13.7. The number of benzene rings is 3. The number of hydrogen-bond acceptors (Lipinski definition) is 3. The maximum Gasteiger partial charge on any atom is 0.188 e. The van der Waals surface area contributed by atoms with Crippen molar-refractivity contribution in [3.8, 4) is 11.1 Å². The van der Waals surface area contributed by atoms with Gasteiger partial charge in [-0.3, -0.25) is 9.78 Å². The molecular formula is C27H20FNOS. The number of para-hydroxylation sites is 1. The van der Waals surface area contributed by atoms with Crippen LogP contribution < -0.4 is 0 Å². The number of ketones is 1. The summed E-state index contributed by atoms with van der Waals surface area (Å²) in [4.78, 5) is 19.4. The highest BCUT2D eigenvalue weighted by atomic mass is 32.2. The highest BCUT2D eigenvalue weighted by Gasteiger charge is 2.32. The van der Waals surface area contributed by atoms with E-state index >= 15 is 0 Å². The van der Waals surface area contributed by atoms with Gasteiger partial charge in [0, 0.05) is 21.8 Å². The maximum atomic E-state index is 13.6. The van der Waals surface area contributed by atoms with Crippen molar-refractivity contribution in [2.24, 2.45) is 0 Å². The second kappa shape index (κ2) is 8.48. The van der Waals surface area contributed by atoms with Crippen molar-refractivity contribution >= 4 is 28.4 Å². The van der Waals surface area contributed by atoms with E-state index in [4.69, 9.17) is 4.98 Å². The Morgan fingerprint density at radius 1 is 0.935 bits per heavy atom. The number of aromatic nitrogens is 1. The summed E-state index contributed by atoms with van der Waals surface area (Å²) in [6, 6.07) is 24.2. The summed E-state index contributed by atoms with van der Waals surface area (Å²) < 4.78 is 13.6. The molecule has 31 heavy (non-hydrogen) atoms. The lowest BCUT2D eigenvalue weighted by Gasteiger charge is -2.16. The fraction of sp³-hybridized carbons (Fsp3) is 0.111. The molecule has 1 aliphatic carbocycles. The summed E-state index contributed by atoms with van der Waals surface area (Å²) in [5.74, 6) is -0.0580. The van der Waals surface area contributed by atoms with E-state index in [2.05, 4.69) is 0 Å². The largest absolute Gasteiger partial charge is 0.289 e. The van der Waals surface area contributed by atoms with Crippen molar-refractivity contribution in [2.75, 3.05) is 0 Å². The lowest BCUT2D eigenvalue weighted by molar-refractivity contribution is 0.104. The van der Waals surface area contributed by atoms with Crippen molar-refractivity contribution in [3.05, 3.63) is 107 Å². The van der Waals surface area contributed by atoms with Crippen LogP contribution in [0.25, 0.3) is 22.0 Å². The zero-order chi connectivity index (χ0) is 21.2. The molecule has 1 aromatic heterocycles. The first-order valence-corrected chi connectivity index (χ1v) is 11.2. The molecule has 0 saturated heterocycles. The second-order valence-corrected chi connectivity index (χ2v) is 8.62. The van der Waals surface area contributed by atoms with E-state index in [1.54, 1.807) is 18.2 Å². The molecule has 4 aromatic rings. The summed E-state index contributed by atoms with van der Waals surface area (Å²) in [6.45, 7) is 0. The first-order valence-electron chi connectivity index (χ1n) is 10.3. The lowest BCUT2D eigenvalue weighted by Crippen LogP contribution is -2.07. The van der Waals surface area contributed by atoms with Gasteiger partial charge in [-0.1, -0.05) is 60.3 Å². The number of hydrogen-bond donors (Lipinski definition) is 0. The molecule has 0 atom stereocenters. The third-order valence-corrected chi connectivity index (χ3v) is 6.25. The van der Waals surface area contributed by atoms with E-state index in [0.717, 1.165) is 45.5 Å². The molecule has 0 aliphatic heterocycles. The SMILES string of the molecule is O=C(/C=C/Sc1ccccc1)c1c(C2CC2)nc2ccccc2c1-c1ccc(F)cc1. The minimum Gasteiger partial charge on any atom is -0.289 e. The van der Waals surface area contributed by atoms with Gasteiger partial charge in [0.15, 0.2) is 5.78 Å². The Morgan fingerprint density at radius 2 is 1.65 bits per heavy atom. The number of nitrogens with zero attached hydrogens (tertiary/aromatic N) is 1. The number of rotatable bonds is 6.